The molecule has 1 aromatic heterocycles. The molecule has 0 spiro atoms. The summed E-state index contributed by atoms with van der Waals surface area (Å²) in [6, 6.07) is 10.1. The van der Waals surface area contributed by atoms with Crippen LogP contribution in [-0.4, -0.2) is 5.97 Å². The fourth-order valence-electron chi connectivity index (χ4n) is 2.67. The van der Waals surface area contributed by atoms with Crippen molar-refractivity contribution in [3.05, 3.63) is 79.1 Å². The van der Waals surface area contributed by atoms with E-state index in [1.54, 1.807) is 18.2 Å². The SMILES string of the molecule is Cc1ccc2c(COC(=O)Cc3ccc(Cl)cc3Cl)cc(=O)oc2c1C. The third kappa shape index (κ3) is 3.92. The molecular formula is C20H16Cl2O4. The molecule has 0 saturated heterocycles. The molecule has 0 amide bonds. The van der Waals surface area contributed by atoms with Crippen LogP contribution in [0.3, 0.4) is 0 Å². The predicted molar refractivity (Wildman–Crippen MR) is 102 cm³/mol. The highest BCUT2D eigenvalue weighted by Crippen LogP contribution is 2.24. The van der Waals surface area contributed by atoms with Crippen LogP contribution in [0.2, 0.25) is 10.0 Å². The number of rotatable bonds is 4. The molecule has 1 heterocycles. The second-order valence-electron chi connectivity index (χ2n) is 6.05. The summed E-state index contributed by atoms with van der Waals surface area (Å²) in [4.78, 5) is 24.0. The lowest BCUT2D eigenvalue weighted by atomic mass is 10.0. The summed E-state index contributed by atoms with van der Waals surface area (Å²) in [5, 5.41) is 1.66. The maximum absolute atomic E-state index is 12.1. The van der Waals surface area contributed by atoms with Crippen LogP contribution in [0.4, 0.5) is 0 Å². The van der Waals surface area contributed by atoms with Gasteiger partial charge in [0.1, 0.15) is 12.2 Å². The number of halogens is 2. The Morgan fingerprint density at radius 1 is 1.08 bits per heavy atom. The summed E-state index contributed by atoms with van der Waals surface area (Å²) >= 11 is 11.9. The summed E-state index contributed by atoms with van der Waals surface area (Å²) in [6.45, 7) is 3.81. The number of carbonyl (C=O) groups is 1. The number of aryl methyl sites for hydroxylation is 2. The van der Waals surface area contributed by atoms with Crippen molar-refractivity contribution in [2.75, 3.05) is 0 Å². The molecule has 0 bridgehead atoms. The first-order valence-electron chi connectivity index (χ1n) is 7.97. The van der Waals surface area contributed by atoms with Crippen molar-refractivity contribution in [2.45, 2.75) is 26.9 Å². The summed E-state index contributed by atoms with van der Waals surface area (Å²) in [6.07, 6.45) is 0.0213. The van der Waals surface area contributed by atoms with Gasteiger partial charge in [-0.15, -0.1) is 0 Å². The van der Waals surface area contributed by atoms with E-state index in [-0.39, 0.29) is 13.0 Å². The van der Waals surface area contributed by atoms with E-state index in [9.17, 15) is 9.59 Å². The molecular weight excluding hydrogens is 375 g/mol. The van der Waals surface area contributed by atoms with Gasteiger partial charge in [-0.1, -0.05) is 41.4 Å². The third-order valence-corrected chi connectivity index (χ3v) is 4.84. The highest BCUT2D eigenvalue weighted by Gasteiger charge is 2.13. The Bertz CT molecular complexity index is 1050. The lowest BCUT2D eigenvalue weighted by Gasteiger charge is -2.10. The fourth-order valence-corrected chi connectivity index (χ4v) is 3.15. The molecule has 0 aliphatic carbocycles. The molecule has 4 nitrogen and oxygen atoms in total. The normalized spacial score (nSPS) is 10.9. The Morgan fingerprint density at radius 3 is 2.58 bits per heavy atom. The standard InChI is InChI=1S/C20H16Cl2O4/c1-11-3-6-16-14(8-19(24)26-20(16)12(11)2)10-25-18(23)7-13-4-5-15(21)9-17(13)22/h3-6,8-9H,7,10H2,1-2H3. The number of ether oxygens (including phenoxy) is 1. The van der Waals surface area contributed by atoms with Crippen LogP contribution in [0.25, 0.3) is 11.0 Å². The van der Waals surface area contributed by atoms with Crippen molar-refractivity contribution in [1.82, 2.24) is 0 Å². The summed E-state index contributed by atoms with van der Waals surface area (Å²) < 4.78 is 10.7. The topological polar surface area (TPSA) is 56.5 Å². The zero-order chi connectivity index (χ0) is 18.8. The average molecular weight is 391 g/mol. The first-order chi connectivity index (χ1) is 12.3. The smallest absolute Gasteiger partial charge is 0.336 e. The highest BCUT2D eigenvalue weighted by molar-refractivity contribution is 6.35. The van der Waals surface area contributed by atoms with Crippen molar-refractivity contribution >= 4 is 40.1 Å². The van der Waals surface area contributed by atoms with Crippen LogP contribution in [0, 0.1) is 13.8 Å². The molecule has 3 aromatic rings. The monoisotopic (exact) mass is 390 g/mol. The zero-order valence-corrected chi connectivity index (χ0v) is 15.8. The van der Waals surface area contributed by atoms with E-state index < -0.39 is 11.6 Å². The van der Waals surface area contributed by atoms with Gasteiger partial charge in [-0.3, -0.25) is 4.79 Å². The van der Waals surface area contributed by atoms with Crippen molar-refractivity contribution in [3.8, 4) is 0 Å². The third-order valence-electron chi connectivity index (χ3n) is 4.26. The Morgan fingerprint density at radius 2 is 1.85 bits per heavy atom. The van der Waals surface area contributed by atoms with Crippen LogP contribution in [-0.2, 0) is 22.6 Å². The maximum atomic E-state index is 12.1. The van der Waals surface area contributed by atoms with E-state index in [1.165, 1.54) is 6.07 Å². The minimum atomic E-state index is -0.474. The van der Waals surface area contributed by atoms with Gasteiger partial charge >= 0.3 is 11.6 Å². The van der Waals surface area contributed by atoms with E-state index in [0.717, 1.165) is 16.5 Å². The second-order valence-corrected chi connectivity index (χ2v) is 6.89. The van der Waals surface area contributed by atoms with E-state index in [1.807, 2.05) is 26.0 Å². The summed E-state index contributed by atoms with van der Waals surface area (Å²) in [7, 11) is 0. The van der Waals surface area contributed by atoms with Crippen LogP contribution in [0.5, 0.6) is 0 Å². The predicted octanol–water partition coefficient (Wildman–Crippen LogP) is 5.00. The van der Waals surface area contributed by atoms with Gasteiger partial charge in [0.2, 0.25) is 0 Å². The van der Waals surface area contributed by atoms with Crippen LogP contribution < -0.4 is 5.63 Å². The quantitative estimate of drug-likeness (QED) is 0.464. The van der Waals surface area contributed by atoms with Crippen molar-refractivity contribution < 1.29 is 13.9 Å². The lowest BCUT2D eigenvalue weighted by Crippen LogP contribution is -2.10. The molecule has 0 saturated carbocycles. The van der Waals surface area contributed by atoms with Crippen molar-refractivity contribution in [2.24, 2.45) is 0 Å². The summed E-state index contributed by atoms with van der Waals surface area (Å²) in [5.74, 6) is -0.445. The highest BCUT2D eigenvalue weighted by atomic mass is 35.5. The number of fused-ring (bicyclic) bond motifs is 1. The molecule has 134 valence electrons. The Kier molecular flexibility index (Phi) is 5.35. The molecule has 0 radical (unpaired) electrons. The Hall–Kier alpha value is -2.30. The first kappa shape index (κ1) is 18.5. The number of carbonyl (C=O) groups excluding carboxylic acids is 1. The van der Waals surface area contributed by atoms with Crippen molar-refractivity contribution in [1.29, 1.82) is 0 Å². The van der Waals surface area contributed by atoms with Gasteiger partial charge < -0.3 is 9.15 Å². The number of esters is 1. The largest absolute Gasteiger partial charge is 0.461 e. The van der Waals surface area contributed by atoms with E-state index in [2.05, 4.69) is 0 Å². The molecule has 3 rings (SSSR count). The second kappa shape index (κ2) is 7.52. The van der Waals surface area contributed by atoms with Crippen LogP contribution >= 0.6 is 23.2 Å². The molecule has 26 heavy (non-hydrogen) atoms. The molecule has 0 fully saturated rings. The van der Waals surface area contributed by atoms with Gasteiger partial charge in [0.15, 0.2) is 0 Å². The van der Waals surface area contributed by atoms with E-state index >= 15 is 0 Å². The summed E-state index contributed by atoms with van der Waals surface area (Å²) in [5.41, 5.74) is 3.19. The molecule has 0 aliphatic rings. The minimum Gasteiger partial charge on any atom is -0.461 e. The average Bonchev–Trinajstić information content (AvgIpc) is 2.59. The molecule has 2 aromatic carbocycles. The van der Waals surface area contributed by atoms with E-state index in [4.69, 9.17) is 32.4 Å². The zero-order valence-electron chi connectivity index (χ0n) is 14.3. The molecule has 0 unspecified atom stereocenters. The van der Waals surface area contributed by atoms with Gasteiger partial charge in [-0.2, -0.15) is 0 Å². The fraction of sp³-hybridized carbons (Fsp3) is 0.200. The molecule has 0 N–H and O–H groups in total. The Balaban J connectivity index is 1.80. The van der Waals surface area contributed by atoms with Gasteiger partial charge in [-0.25, -0.2) is 4.79 Å². The first-order valence-corrected chi connectivity index (χ1v) is 8.73. The number of hydrogen-bond donors (Lipinski definition) is 0. The van der Waals surface area contributed by atoms with Gasteiger partial charge in [0, 0.05) is 27.1 Å². The maximum Gasteiger partial charge on any atom is 0.336 e. The number of benzene rings is 2. The molecule has 0 atom stereocenters. The number of hydrogen-bond acceptors (Lipinski definition) is 4. The Labute approximate surface area is 160 Å². The lowest BCUT2D eigenvalue weighted by molar-refractivity contribution is -0.144. The van der Waals surface area contributed by atoms with Gasteiger partial charge in [0.05, 0.1) is 6.42 Å². The van der Waals surface area contributed by atoms with Crippen LogP contribution in [0.15, 0.2) is 45.6 Å². The van der Waals surface area contributed by atoms with Crippen molar-refractivity contribution in [3.63, 3.8) is 0 Å². The molecule has 0 aliphatic heterocycles. The van der Waals surface area contributed by atoms with Gasteiger partial charge in [0.25, 0.3) is 0 Å². The molecule has 6 heteroatoms. The van der Waals surface area contributed by atoms with Crippen LogP contribution in [0.1, 0.15) is 22.3 Å². The van der Waals surface area contributed by atoms with Gasteiger partial charge in [-0.05, 0) is 42.7 Å². The minimum absolute atomic E-state index is 0.0192. The van der Waals surface area contributed by atoms with E-state index in [0.29, 0.717) is 26.8 Å².